The van der Waals surface area contributed by atoms with E-state index in [0.29, 0.717) is 60.3 Å². The van der Waals surface area contributed by atoms with E-state index >= 15 is 0 Å². The fourth-order valence-electron chi connectivity index (χ4n) is 5.38. The number of nitrogens with zero attached hydrogens (tertiary/aromatic N) is 7. The van der Waals surface area contributed by atoms with Crippen molar-refractivity contribution in [2.24, 2.45) is 10.9 Å². The standard InChI is InChI=1S/C32H34ClN7O.C3H7Cl.CHN/c1-22-10-11-36-30(18-22)31(28-9-6-26(33)19-29(28)23(2)21-40-13-12-35-24(40)3)38-14-16-39(17-15-38)32(41)37-27-7-4-25(20-34)5-8-27;1-3(2)4;1-2/h4-9,11-13,18-19,22,31H,2,10,14-17,21H2,1,3H3,(H,37,41);3H,1-2H3;1H. The topological polar surface area (TPSA) is 113 Å². The van der Waals surface area contributed by atoms with Gasteiger partial charge in [-0.2, -0.15) is 5.26 Å². The van der Waals surface area contributed by atoms with Gasteiger partial charge in [-0.3, -0.25) is 9.89 Å². The Labute approximate surface area is 288 Å². The lowest BCUT2D eigenvalue weighted by Gasteiger charge is -2.40. The first-order valence-electron chi connectivity index (χ1n) is 15.4. The number of anilines is 1. The van der Waals surface area contributed by atoms with Crippen LogP contribution >= 0.6 is 23.2 Å². The maximum Gasteiger partial charge on any atom is 0.321 e. The van der Waals surface area contributed by atoms with E-state index in [4.69, 9.17) is 38.7 Å². The molecule has 1 N–H and O–H groups in total. The van der Waals surface area contributed by atoms with Crippen LogP contribution in [-0.4, -0.2) is 63.2 Å². The van der Waals surface area contributed by atoms with E-state index in [-0.39, 0.29) is 12.1 Å². The summed E-state index contributed by atoms with van der Waals surface area (Å²) in [5.41, 5.74) is 5.29. The molecule has 2 aromatic carbocycles. The maximum atomic E-state index is 13.0. The summed E-state index contributed by atoms with van der Waals surface area (Å²) in [5, 5.41) is 19.4. The zero-order chi connectivity index (χ0) is 34.5. The number of carbonyl (C=O) groups excluding carboxylic acids is 1. The molecule has 2 aliphatic rings. The van der Waals surface area contributed by atoms with Crippen LogP contribution < -0.4 is 5.32 Å². The average molecular weight is 674 g/mol. The Kier molecular flexibility index (Phi) is 14.2. The minimum atomic E-state index is -0.148. The number of aromatic nitrogens is 2. The molecule has 0 bridgehead atoms. The number of aliphatic imine (C=N–C) groups is 1. The van der Waals surface area contributed by atoms with Crippen molar-refractivity contribution in [2.75, 3.05) is 31.5 Å². The molecule has 2 amide bonds. The SMILES string of the molecule is C#N.C=C(Cn1ccnc1C)c1cc(Cl)ccc1C(C1=CC(C)CC=N1)N1CCN(C(=O)Nc2ccc(C#N)cc2)CC1.CC(C)Cl. The lowest BCUT2D eigenvalue weighted by atomic mass is 9.90. The molecule has 11 heteroatoms. The van der Waals surface area contributed by atoms with Crippen molar-refractivity contribution in [1.82, 2.24) is 19.4 Å². The van der Waals surface area contributed by atoms with E-state index in [2.05, 4.69) is 58.1 Å². The number of alkyl halides is 1. The molecule has 0 saturated carbocycles. The van der Waals surface area contributed by atoms with Gasteiger partial charge in [-0.05, 0) is 86.2 Å². The van der Waals surface area contributed by atoms with Crippen molar-refractivity contribution < 1.29 is 4.79 Å². The third kappa shape index (κ3) is 10.6. The highest BCUT2D eigenvalue weighted by atomic mass is 35.5. The van der Waals surface area contributed by atoms with E-state index in [1.54, 1.807) is 30.5 Å². The fraction of sp³-hybridized carbons (Fsp3) is 0.361. The van der Waals surface area contributed by atoms with Gasteiger partial charge in [0, 0.05) is 74.0 Å². The fourth-order valence-corrected chi connectivity index (χ4v) is 5.55. The molecule has 1 fully saturated rings. The number of hydrogen-bond acceptors (Lipinski definition) is 6. The number of allylic oxidation sites excluding steroid dienone is 2. The molecule has 1 saturated heterocycles. The van der Waals surface area contributed by atoms with Gasteiger partial charge in [0.2, 0.25) is 0 Å². The predicted molar refractivity (Wildman–Crippen MR) is 192 cm³/mol. The van der Waals surface area contributed by atoms with Crippen LogP contribution in [0.5, 0.6) is 0 Å². The quantitative estimate of drug-likeness (QED) is 0.255. The van der Waals surface area contributed by atoms with Crippen LogP contribution in [0.15, 0.2) is 78.2 Å². The lowest BCUT2D eigenvalue weighted by Crippen LogP contribution is -2.51. The predicted octanol–water partition coefficient (Wildman–Crippen LogP) is 8.09. The number of halogens is 2. The number of aryl methyl sites for hydroxylation is 1. The molecule has 246 valence electrons. The monoisotopic (exact) mass is 672 g/mol. The second kappa shape index (κ2) is 18.1. The Morgan fingerprint density at radius 2 is 1.81 bits per heavy atom. The van der Waals surface area contributed by atoms with Gasteiger partial charge in [-0.1, -0.05) is 37.2 Å². The van der Waals surface area contributed by atoms with Gasteiger partial charge in [-0.15, -0.1) is 11.6 Å². The van der Waals surface area contributed by atoms with Crippen LogP contribution in [0.1, 0.15) is 55.7 Å². The van der Waals surface area contributed by atoms with Crippen LogP contribution in [0, 0.1) is 36.0 Å². The van der Waals surface area contributed by atoms with Crippen molar-refractivity contribution in [3.05, 3.63) is 101 Å². The number of rotatable bonds is 7. The first kappa shape index (κ1) is 37.1. The number of amides is 2. The summed E-state index contributed by atoms with van der Waals surface area (Å²) < 4.78 is 2.08. The highest BCUT2D eigenvalue weighted by Gasteiger charge is 2.32. The summed E-state index contributed by atoms with van der Waals surface area (Å²) in [6.07, 6.45) is 8.94. The minimum absolute atomic E-state index is 0.106. The van der Waals surface area contributed by atoms with E-state index < -0.39 is 0 Å². The first-order chi connectivity index (χ1) is 22.5. The second-order valence-electron chi connectivity index (χ2n) is 11.6. The van der Waals surface area contributed by atoms with Crippen LogP contribution in [0.25, 0.3) is 5.57 Å². The number of nitrogens with one attached hydrogen (secondary N) is 1. The Balaban J connectivity index is 0.000000930. The van der Waals surface area contributed by atoms with Gasteiger partial charge in [0.05, 0.1) is 23.4 Å². The van der Waals surface area contributed by atoms with E-state index in [1.807, 2.05) is 50.2 Å². The number of carbonyl (C=O) groups is 1. The zero-order valence-corrected chi connectivity index (χ0v) is 28.9. The smallest absolute Gasteiger partial charge is 0.321 e. The van der Waals surface area contributed by atoms with Crippen molar-refractivity contribution >= 4 is 46.7 Å². The summed E-state index contributed by atoms with van der Waals surface area (Å²) in [6, 6.07) is 14.8. The van der Waals surface area contributed by atoms with Crippen LogP contribution in [0.2, 0.25) is 5.02 Å². The molecule has 2 unspecified atom stereocenters. The number of benzene rings is 2. The summed E-state index contributed by atoms with van der Waals surface area (Å²) in [7, 11) is 0. The maximum absolute atomic E-state index is 13.0. The molecule has 0 spiro atoms. The molecule has 0 aliphatic carbocycles. The van der Waals surface area contributed by atoms with Gasteiger partial charge in [0.25, 0.3) is 0 Å². The molecule has 2 atom stereocenters. The number of urea groups is 1. The molecule has 1 aromatic heterocycles. The molecule has 3 aromatic rings. The van der Waals surface area contributed by atoms with E-state index in [1.165, 1.54) is 0 Å². The number of piperazine rings is 1. The van der Waals surface area contributed by atoms with E-state index in [9.17, 15) is 4.79 Å². The third-order valence-electron chi connectivity index (χ3n) is 7.66. The van der Waals surface area contributed by atoms with Crippen molar-refractivity contribution in [2.45, 2.75) is 52.1 Å². The van der Waals surface area contributed by atoms with Gasteiger partial charge in [0.1, 0.15) is 5.82 Å². The summed E-state index contributed by atoms with van der Waals surface area (Å²) in [4.78, 5) is 26.5. The molecule has 2 aliphatic heterocycles. The van der Waals surface area contributed by atoms with Crippen LogP contribution in [-0.2, 0) is 6.54 Å². The zero-order valence-electron chi connectivity index (χ0n) is 27.4. The molecule has 5 rings (SSSR count). The molecular weight excluding hydrogens is 631 g/mol. The van der Waals surface area contributed by atoms with Gasteiger partial charge in [0.15, 0.2) is 0 Å². The Bertz CT molecular complexity index is 1620. The van der Waals surface area contributed by atoms with Gasteiger partial charge < -0.3 is 14.8 Å². The van der Waals surface area contributed by atoms with Crippen LogP contribution in [0.3, 0.4) is 0 Å². The minimum Gasteiger partial charge on any atom is -0.331 e. The molecule has 3 heterocycles. The third-order valence-corrected chi connectivity index (χ3v) is 7.90. The summed E-state index contributed by atoms with van der Waals surface area (Å²) in [6.45, 7) is 19.1. The first-order valence-corrected chi connectivity index (χ1v) is 16.3. The number of hydrogen-bond donors (Lipinski definition) is 1. The van der Waals surface area contributed by atoms with Crippen molar-refractivity contribution in [3.8, 4) is 12.6 Å². The molecule has 47 heavy (non-hydrogen) atoms. The Hall–Kier alpha value is -4.41. The molecular formula is C36H42Cl2N8O. The van der Waals surface area contributed by atoms with E-state index in [0.717, 1.165) is 34.6 Å². The van der Waals surface area contributed by atoms with Gasteiger partial charge in [-0.25, -0.2) is 15.0 Å². The Morgan fingerprint density at radius 1 is 1.15 bits per heavy atom. The largest absolute Gasteiger partial charge is 0.331 e. The molecule has 0 radical (unpaired) electrons. The van der Waals surface area contributed by atoms with Crippen molar-refractivity contribution in [1.29, 1.82) is 10.5 Å². The Morgan fingerprint density at radius 3 is 2.38 bits per heavy atom. The lowest BCUT2D eigenvalue weighted by molar-refractivity contribution is 0.124. The van der Waals surface area contributed by atoms with Gasteiger partial charge >= 0.3 is 6.03 Å². The highest BCUT2D eigenvalue weighted by molar-refractivity contribution is 6.30. The summed E-state index contributed by atoms with van der Waals surface area (Å²) >= 11 is 11.8. The molecule has 9 nitrogen and oxygen atoms in total. The normalized spacial score (nSPS) is 16.5. The highest BCUT2D eigenvalue weighted by Crippen LogP contribution is 2.38. The van der Waals surface area contributed by atoms with Crippen LogP contribution in [0.4, 0.5) is 10.5 Å². The number of imidazole rings is 1. The number of nitriles is 2. The summed E-state index contributed by atoms with van der Waals surface area (Å²) in [5.74, 6) is 1.31. The second-order valence-corrected chi connectivity index (χ2v) is 12.9. The average Bonchev–Trinajstić information content (AvgIpc) is 3.46. The van der Waals surface area contributed by atoms with Crippen molar-refractivity contribution in [3.63, 3.8) is 0 Å².